The summed E-state index contributed by atoms with van der Waals surface area (Å²) >= 11 is 0. The van der Waals surface area contributed by atoms with Crippen molar-refractivity contribution in [3.8, 4) is 0 Å². The number of hydrogen-bond acceptors (Lipinski definition) is 4. The largest absolute Gasteiger partial charge is 0.361 e. The Kier molecular flexibility index (Phi) is 7.30. The van der Waals surface area contributed by atoms with Crippen LogP contribution in [0.4, 0.5) is 0 Å². The Morgan fingerprint density at radius 2 is 2.11 bits per heavy atom. The van der Waals surface area contributed by atoms with E-state index < -0.39 is 5.91 Å². The van der Waals surface area contributed by atoms with E-state index in [1.807, 2.05) is 6.07 Å². The van der Waals surface area contributed by atoms with Gasteiger partial charge in [0, 0.05) is 48.0 Å². The number of rotatable bonds is 10. The van der Waals surface area contributed by atoms with Crippen molar-refractivity contribution in [1.29, 1.82) is 0 Å². The van der Waals surface area contributed by atoms with Gasteiger partial charge in [0.15, 0.2) is 0 Å². The van der Waals surface area contributed by atoms with E-state index in [1.165, 1.54) is 33.7 Å². The number of hydroxylamine groups is 1. The van der Waals surface area contributed by atoms with E-state index in [2.05, 4.69) is 75.7 Å². The highest BCUT2D eigenvalue weighted by molar-refractivity contribution is 5.90. The number of benzene rings is 2. The molecule has 0 radical (unpaired) electrons. The van der Waals surface area contributed by atoms with E-state index in [1.54, 1.807) is 11.6 Å². The van der Waals surface area contributed by atoms with Crippen molar-refractivity contribution >= 4 is 22.9 Å². The SMILES string of the molecule is CCCc1cc(CN(CCc2c[nH]c3ccccc23)C2CCc3cc(/C=C/C(=O)NO)ccc32)[nH]n1. The lowest BCUT2D eigenvalue weighted by molar-refractivity contribution is -0.124. The first-order valence-electron chi connectivity index (χ1n) is 12.7. The highest BCUT2D eigenvalue weighted by atomic mass is 16.5. The van der Waals surface area contributed by atoms with E-state index in [9.17, 15) is 4.79 Å². The zero-order chi connectivity index (χ0) is 24.9. The Morgan fingerprint density at radius 1 is 1.22 bits per heavy atom. The molecule has 2 heterocycles. The van der Waals surface area contributed by atoms with Gasteiger partial charge in [0.2, 0.25) is 0 Å². The minimum atomic E-state index is -0.529. The quantitative estimate of drug-likeness (QED) is 0.143. The van der Waals surface area contributed by atoms with Gasteiger partial charge in [-0.15, -0.1) is 0 Å². The molecule has 0 bridgehead atoms. The highest BCUT2D eigenvalue weighted by Crippen LogP contribution is 2.37. The zero-order valence-corrected chi connectivity index (χ0v) is 20.6. The van der Waals surface area contributed by atoms with Crippen molar-refractivity contribution in [2.75, 3.05) is 6.54 Å². The lowest BCUT2D eigenvalue weighted by Crippen LogP contribution is -2.29. The van der Waals surface area contributed by atoms with Crippen molar-refractivity contribution in [2.24, 2.45) is 0 Å². The second kappa shape index (κ2) is 10.9. The Bertz CT molecular complexity index is 1370. The molecule has 1 atom stereocenters. The molecular formula is C29H33N5O2. The van der Waals surface area contributed by atoms with Gasteiger partial charge in [-0.3, -0.25) is 20.0 Å². The van der Waals surface area contributed by atoms with E-state index in [-0.39, 0.29) is 0 Å². The topological polar surface area (TPSA) is 97.0 Å². The maximum Gasteiger partial charge on any atom is 0.267 e. The number of fused-ring (bicyclic) bond motifs is 2. The molecule has 4 aromatic rings. The van der Waals surface area contributed by atoms with E-state index in [0.717, 1.165) is 62.1 Å². The van der Waals surface area contributed by atoms with Gasteiger partial charge >= 0.3 is 0 Å². The molecule has 7 nitrogen and oxygen atoms in total. The molecule has 186 valence electrons. The number of H-pyrrole nitrogens is 2. The predicted octanol–water partition coefficient (Wildman–Crippen LogP) is 5.09. The Hall–Kier alpha value is -3.68. The van der Waals surface area contributed by atoms with Crippen molar-refractivity contribution in [2.45, 2.75) is 51.6 Å². The van der Waals surface area contributed by atoms with Gasteiger partial charge in [-0.05, 0) is 66.1 Å². The standard InChI is InChI=1S/C29H33N5O2/c1-2-5-23-17-24(32-31-23)19-34(15-14-22-18-30-27-7-4-3-6-25(22)27)28-12-10-21-16-20(8-11-26(21)28)9-13-29(35)33-36/h3-4,6-9,11,13,16-18,28,30,36H,2,5,10,12,14-15,19H2,1H3,(H,31,32)(H,33,35)/b13-9+. The third-order valence-corrected chi connectivity index (χ3v) is 7.10. The number of hydrogen-bond donors (Lipinski definition) is 4. The fraction of sp³-hybridized carbons (Fsp3) is 0.310. The monoisotopic (exact) mass is 483 g/mol. The van der Waals surface area contributed by atoms with Crippen LogP contribution in [0.5, 0.6) is 0 Å². The number of carbonyl (C=O) groups is 1. The summed E-state index contributed by atoms with van der Waals surface area (Å²) in [6.07, 6.45) is 10.3. The third-order valence-electron chi connectivity index (χ3n) is 7.10. The number of aryl methyl sites for hydroxylation is 2. The molecule has 36 heavy (non-hydrogen) atoms. The van der Waals surface area contributed by atoms with Gasteiger partial charge in [0.25, 0.3) is 5.91 Å². The number of amides is 1. The number of aromatic nitrogens is 3. The van der Waals surface area contributed by atoms with Crippen LogP contribution in [-0.2, 0) is 30.6 Å². The summed E-state index contributed by atoms with van der Waals surface area (Å²) in [7, 11) is 0. The lowest BCUT2D eigenvalue weighted by Gasteiger charge is -2.29. The smallest absolute Gasteiger partial charge is 0.267 e. The fourth-order valence-electron chi connectivity index (χ4n) is 5.35. The highest BCUT2D eigenvalue weighted by Gasteiger charge is 2.28. The summed E-state index contributed by atoms with van der Waals surface area (Å²) < 4.78 is 0. The Labute approximate surface area is 211 Å². The first kappa shape index (κ1) is 24.0. The van der Waals surface area contributed by atoms with Crippen LogP contribution < -0.4 is 5.48 Å². The predicted molar refractivity (Wildman–Crippen MR) is 141 cm³/mol. The van der Waals surface area contributed by atoms with Gasteiger partial charge < -0.3 is 4.98 Å². The van der Waals surface area contributed by atoms with E-state index >= 15 is 0 Å². The van der Waals surface area contributed by atoms with Gasteiger partial charge in [-0.25, -0.2) is 5.48 Å². The maximum atomic E-state index is 11.4. The number of nitrogens with zero attached hydrogens (tertiary/aromatic N) is 2. The minimum Gasteiger partial charge on any atom is -0.361 e. The molecule has 0 saturated heterocycles. The normalized spacial score (nSPS) is 15.2. The Morgan fingerprint density at radius 3 is 2.97 bits per heavy atom. The molecule has 0 spiro atoms. The summed E-state index contributed by atoms with van der Waals surface area (Å²) in [6, 6.07) is 17.4. The van der Waals surface area contributed by atoms with Gasteiger partial charge in [0.05, 0.1) is 5.69 Å². The minimum absolute atomic E-state index is 0.321. The molecule has 1 amide bonds. The van der Waals surface area contributed by atoms with Crippen LogP contribution in [0.1, 0.15) is 59.4 Å². The van der Waals surface area contributed by atoms with Crippen LogP contribution in [0, 0.1) is 0 Å². The van der Waals surface area contributed by atoms with E-state index in [0.29, 0.717) is 6.04 Å². The molecule has 5 rings (SSSR count). The number of para-hydroxylation sites is 1. The number of nitrogens with one attached hydrogen (secondary N) is 3. The lowest BCUT2D eigenvalue weighted by atomic mass is 10.0. The summed E-state index contributed by atoms with van der Waals surface area (Å²) in [5.41, 5.74) is 10.1. The molecule has 0 aliphatic heterocycles. The average molecular weight is 484 g/mol. The maximum absolute atomic E-state index is 11.4. The molecule has 0 saturated carbocycles. The van der Waals surface area contributed by atoms with E-state index in [4.69, 9.17) is 5.21 Å². The zero-order valence-electron chi connectivity index (χ0n) is 20.6. The molecule has 1 aliphatic carbocycles. The van der Waals surface area contributed by atoms with Crippen LogP contribution >= 0.6 is 0 Å². The van der Waals surface area contributed by atoms with Crippen molar-refractivity contribution < 1.29 is 10.0 Å². The van der Waals surface area contributed by atoms with Crippen LogP contribution in [0.15, 0.2) is 60.8 Å². The average Bonchev–Trinajstić information content (AvgIpc) is 3.63. The molecule has 4 N–H and O–H groups in total. The summed E-state index contributed by atoms with van der Waals surface area (Å²) in [5, 5.41) is 17.8. The van der Waals surface area contributed by atoms with Crippen LogP contribution in [0.25, 0.3) is 17.0 Å². The number of aromatic amines is 2. The van der Waals surface area contributed by atoms with Crippen molar-refractivity contribution in [3.05, 3.63) is 94.4 Å². The van der Waals surface area contributed by atoms with Gasteiger partial charge in [-0.1, -0.05) is 49.7 Å². The van der Waals surface area contributed by atoms with Crippen molar-refractivity contribution in [3.63, 3.8) is 0 Å². The summed E-state index contributed by atoms with van der Waals surface area (Å²) in [6.45, 7) is 3.94. The Balaban J connectivity index is 1.38. The fourth-order valence-corrected chi connectivity index (χ4v) is 5.35. The van der Waals surface area contributed by atoms with Gasteiger partial charge in [-0.2, -0.15) is 5.10 Å². The summed E-state index contributed by atoms with van der Waals surface area (Å²) in [4.78, 5) is 17.3. The van der Waals surface area contributed by atoms with Gasteiger partial charge in [0.1, 0.15) is 0 Å². The molecule has 2 aromatic heterocycles. The molecular weight excluding hydrogens is 450 g/mol. The van der Waals surface area contributed by atoms with Crippen LogP contribution in [0.3, 0.4) is 0 Å². The molecule has 1 unspecified atom stereocenters. The molecule has 1 aliphatic rings. The third kappa shape index (κ3) is 5.27. The first-order valence-corrected chi connectivity index (χ1v) is 12.7. The van der Waals surface area contributed by atoms with Crippen LogP contribution in [-0.4, -0.2) is 37.7 Å². The molecule has 7 heteroatoms. The number of carbonyl (C=O) groups excluding carboxylic acids is 1. The second-order valence-electron chi connectivity index (χ2n) is 9.54. The van der Waals surface area contributed by atoms with Crippen LogP contribution in [0.2, 0.25) is 0 Å². The first-order chi connectivity index (χ1) is 17.6. The molecule has 0 fully saturated rings. The second-order valence-corrected chi connectivity index (χ2v) is 9.54. The van der Waals surface area contributed by atoms with Crippen molar-refractivity contribution in [1.82, 2.24) is 25.6 Å². The summed E-state index contributed by atoms with van der Waals surface area (Å²) in [5.74, 6) is -0.529. The molecule has 2 aromatic carbocycles.